The van der Waals surface area contributed by atoms with E-state index in [2.05, 4.69) is 24.8 Å². The molecule has 1 aliphatic rings. The minimum absolute atomic E-state index is 0.00328. The molecule has 4 heteroatoms. The Morgan fingerprint density at radius 3 is 2.50 bits per heavy atom. The first-order chi connectivity index (χ1) is 8.44. The van der Waals surface area contributed by atoms with Gasteiger partial charge in [0.15, 0.2) is 0 Å². The molecule has 2 N–H and O–H groups in total. The summed E-state index contributed by atoms with van der Waals surface area (Å²) in [5.41, 5.74) is 7.87. The molecule has 0 atom stereocenters. The number of fused-ring (bicyclic) bond motifs is 1. The van der Waals surface area contributed by atoms with E-state index in [4.69, 9.17) is 5.73 Å². The van der Waals surface area contributed by atoms with Gasteiger partial charge in [0.2, 0.25) is 5.91 Å². The molecular formula is C14H21N3O. The maximum absolute atomic E-state index is 12.0. The van der Waals surface area contributed by atoms with Crippen LogP contribution < -0.4 is 15.5 Å². The summed E-state index contributed by atoms with van der Waals surface area (Å²) in [6.45, 7) is 6.07. The lowest BCUT2D eigenvalue weighted by Gasteiger charge is -2.39. The number of carbonyl (C=O) groups is 1. The number of carbonyl (C=O) groups excluding carboxylic acids is 1. The zero-order valence-electron chi connectivity index (χ0n) is 11.3. The normalized spacial score (nSPS) is 15.9. The highest BCUT2D eigenvalue weighted by atomic mass is 16.2. The fourth-order valence-corrected chi connectivity index (χ4v) is 2.23. The van der Waals surface area contributed by atoms with Gasteiger partial charge in [-0.25, -0.2) is 0 Å². The zero-order chi connectivity index (χ0) is 13.3. The van der Waals surface area contributed by atoms with Crippen LogP contribution in [0.5, 0.6) is 0 Å². The second-order valence-corrected chi connectivity index (χ2v) is 5.67. The summed E-state index contributed by atoms with van der Waals surface area (Å²) in [7, 11) is 1.83. The highest BCUT2D eigenvalue weighted by molar-refractivity contribution is 6.02. The standard InChI is InChI=1S/C14H21N3O/c1-14(2,9-15)10-17-8-13(18)16(3)11-6-4-5-7-12(11)17/h4-7H,8-10,15H2,1-3H3. The van der Waals surface area contributed by atoms with Crippen LogP contribution in [0.1, 0.15) is 13.8 Å². The molecule has 0 fully saturated rings. The van der Waals surface area contributed by atoms with E-state index in [-0.39, 0.29) is 11.3 Å². The van der Waals surface area contributed by atoms with Crippen LogP contribution in [0.2, 0.25) is 0 Å². The third-order valence-corrected chi connectivity index (χ3v) is 3.46. The summed E-state index contributed by atoms with van der Waals surface area (Å²) in [4.78, 5) is 15.8. The molecule has 0 bridgehead atoms. The van der Waals surface area contributed by atoms with E-state index in [9.17, 15) is 4.79 Å². The van der Waals surface area contributed by atoms with Crippen molar-refractivity contribution in [1.82, 2.24) is 0 Å². The van der Waals surface area contributed by atoms with Crippen molar-refractivity contribution in [3.05, 3.63) is 24.3 Å². The first-order valence-corrected chi connectivity index (χ1v) is 6.25. The number of rotatable bonds is 3. The number of likely N-dealkylation sites (N-methyl/N-ethyl adjacent to an activating group) is 1. The molecule has 4 nitrogen and oxygen atoms in total. The number of nitrogens with two attached hydrogens (primary N) is 1. The molecule has 98 valence electrons. The number of anilines is 2. The molecule has 0 aliphatic carbocycles. The van der Waals surface area contributed by atoms with Crippen LogP contribution in [0.3, 0.4) is 0 Å². The number of para-hydroxylation sites is 2. The molecule has 0 spiro atoms. The van der Waals surface area contributed by atoms with E-state index in [0.717, 1.165) is 17.9 Å². The number of amides is 1. The van der Waals surface area contributed by atoms with E-state index < -0.39 is 0 Å². The molecule has 18 heavy (non-hydrogen) atoms. The largest absolute Gasteiger partial charge is 0.360 e. The first kappa shape index (κ1) is 12.9. The van der Waals surface area contributed by atoms with Gasteiger partial charge in [-0.1, -0.05) is 26.0 Å². The molecule has 2 rings (SSSR count). The van der Waals surface area contributed by atoms with Crippen molar-refractivity contribution in [3.63, 3.8) is 0 Å². The molecule has 0 saturated heterocycles. The van der Waals surface area contributed by atoms with Gasteiger partial charge < -0.3 is 15.5 Å². The van der Waals surface area contributed by atoms with Crippen LogP contribution in [0, 0.1) is 5.41 Å². The van der Waals surface area contributed by atoms with Crippen molar-refractivity contribution >= 4 is 17.3 Å². The van der Waals surface area contributed by atoms with Crippen molar-refractivity contribution in [2.24, 2.45) is 11.1 Å². The molecule has 0 saturated carbocycles. The monoisotopic (exact) mass is 247 g/mol. The smallest absolute Gasteiger partial charge is 0.246 e. The van der Waals surface area contributed by atoms with Crippen molar-refractivity contribution < 1.29 is 4.79 Å². The van der Waals surface area contributed by atoms with Crippen molar-refractivity contribution in [2.45, 2.75) is 13.8 Å². The van der Waals surface area contributed by atoms with Gasteiger partial charge in [0.05, 0.1) is 17.9 Å². The number of nitrogens with zero attached hydrogens (tertiary/aromatic N) is 2. The quantitative estimate of drug-likeness (QED) is 0.879. The summed E-state index contributed by atoms with van der Waals surface area (Å²) in [6.07, 6.45) is 0. The summed E-state index contributed by atoms with van der Waals surface area (Å²) < 4.78 is 0. The molecule has 1 aromatic carbocycles. The Balaban J connectivity index is 2.33. The van der Waals surface area contributed by atoms with E-state index >= 15 is 0 Å². The van der Waals surface area contributed by atoms with Gasteiger partial charge >= 0.3 is 0 Å². The van der Waals surface area contributed by atoms with E-state index in [1.807, 2.05) is 25.2 Å². The Kier molecular flexibility index (Phi) is 3.30. The molecule has 1 aromatic rings. The number of hydrogen-bond acceptors (Lipinski definition) is 3. The van der Waals surface area contributed by atoms with Crippen LogP contribution in [0.25, 0.3) is 0 Å². The maximum atomic E-state index is 12.0. The lowest BCUT2D eigenvalue weighted by atomic mass is 9.92. The van der Waals surface area contributed by atoms with Gasteiger partial charge in [-0.2, -0.15) is 0 Å². The predicted molar refractivity (Wildman–Crippen MR) is 74.9 cm³/mol. The third kappa shape index (κ3) is 2.34. The Morgan fingerprint density at radius 1 is 1.28 bits per heavy atom. The lowest BCUT2D eigenvalue weighted by molar-refractivity contribution is -0.117. The van der Waals surface area contributed by atoms with Crippen LogP contribution in [-0.2, 0) is 4.79 Å². The lowest BCUT2D eigenvalue weighted by Crippen LogP contribution is -2.48. The third-order valence-electron chi connectivity index (χ3n) is 3.46. The second kappa shape index (κ2) is 4.61. The molecule has 1 heterocycles. The fraction of sp³-hybridized carbons (Fsp3) is 0.500. The Hall–Kier alpha value is -1.55. The van der Waals surface area contributed by atoms with E-state index in [1.54, 1.807) is 4.90 Å². The topological polar surface area (TPSA) is 49.6 Å². The molecule has 0 unspecified atom stereocenters. The highest BCUT2D eigenvalue weighted by Crippen LogP contribution is 2.33. The zero-order valence-corrected chi connectivity index (χ0v) is 11.3. The Bertz CT molecular complexity index is 456. The summed E-state index contributed by atoms with van der Waals surface area (Å²) in [5.74, 6) is 0.126. The van der Waals surface area contributed by atoms with Crippen molar-refractivity contribution in [2.75, 3.05) is 36.5 Å². The SMILES string of the molecule is CN1C(=O)CN(CC(C)(C)CN)c2ccccc21. The minimum atomic E-state index is 0.00328. The van der Waals surface area contributed by atoms with Crippen molar-refractivity contribution in [1.29, 1.82) is 0 Å². The van der Waals surface area contributed by atoms with Crippen LogP contribution in [0.15, 0.2) is 24.3 Å². The first-order valence-electron chi connectivity index (χ1n) is 6.25. The van der Waals surface area contributed by atoms with Gasteiger partial charge in [-0.05, 0) is 24.1 Å². The fourth-order valence-electron chi connectivity index (χ4n) is 2.23. The Labute approximate surface area is 108 Å². The predicted octanol–water partition coefficient (Wildman–Crippen LogP) is 1.45. The summed E-state index contributed by atoms with van der Waals surface area (Å²) >= 11 is 0. The maximum Gasteiger partial charge on any atom is 0.246 e. The van der Waals surface area contributed by atoms with Gasteiger partial charge in [-0.3, -0.25) is 4.79 Å². The number of hydrogen-bond donors (Lipinski definition) is 1. The van der Waals surface area contributed by atoms with Gasteiger partial charge in [0, 0.05) is 13.6 Å². The molecule has 1 amide bonds. The van der Waals surface area contributed by atoms with E-state index in [0.29, 0.717) is 13.1 Å². The molecule has 1 aliphatic heterocycles. The van der Waals surface area contributed by atoms with Crippen molar-refractivity contribution in [3.8, 4) is 0 Å². The van der Waals surface area contributed by atoms with Gasteiger partial charge in [-0.15, -0.1) is 0 Å². The van der Waals surface area contributed by atoms with E-state index in [1.165, 1.54) is 0 Å². The second-order valence-electron chi connectivity index (χ2n) is 5.67. The summed E-state index contributed by atoms with van der Waals surface area (Å²) in [5, 5.41) is 0. The average molecular weight is 247 g/mol. The van der Waals surface area contributed by atoms with Crippen LogP contribution in [-0.4, -0.2) is 32.6 Å². The van der Waals surface area contributed by atoms with Gasteiger partial charge in [0.25, 0.3) is 0 Å². The minimum Gasteiger partial charge on any atom is -0.360 e. The average Bonchev–Trinajstić information content (AvgIpc) is 2.35. The molecular weight excluding hydrogens is 226 g/mol. The Morgan fingerprint density at radius 2 is 1.89 bits per heavy atom. The highest BCUT2D eigenvalue weighted by Gasteiger charge is 2.29. The van der Waals surface area contributed by atoms with Crippen LogP contribution in [0.4, 0.5) is 11.4 Å². The molecule has 0 aromatic heterocycles. The van der Waals surface area contributed by atoms with Crippen LogP contribution >= 0.6 is 0 Å². The number of benzene rings is 1. The van der Waals surface area contributed by atoms with Gasteiger partial charge in [0.1, 0.15) is 0 Å². The molecule has 0 radical (unpaired) electrons. The summed E-state index contributed by atoms with van der Waals surface area (Å²) in [6, 6.07) is 8.00.